The lowest BCUT2D eigenvalue weighted by Crippen LogP contribution is -2.43. The molecule has 2 aromatic heterocycles. The molecule has 0 bridgehead atoms. The van der Waals surface area contributed by atoms with Crippen LogP contribution in [-0.2, 0) is 4.74 Å². The van der Waals surface area contributed by atoms with Gasteiger partial charge in [-0.3, -0.25) is 0 Å². The predicted molar refractivity (Wildman–Crippen MR) is 126 cm³/mol. The van der Waals surface area contributed by atoms with Crippen molar-refractivity contribution in [3.8, 4) is 0 Å². The normalized spacial score (nSPS) is 15.0. The number of piperidine rings is 1. The quantitative estimate of drug-likeness (QED) is 0.645. The minimum absolute atomic E-state index is 0.221. The van der Waals surface area contributed by atoms with Gasteiger partial charge < -0.3 is 19.9 Å². The first kappa shape index (κ1) is 23.2. The summed E-state index contributed by atoms with van der Waals surface area (Å²) in [5, 5.41) is 3.24. The third kappa shape index (κ3) is 6.78. The number of aromatic nitrogens is 3. The van der Waals surface area contributed by atoms with E-state index in [1.807, 2.05) is 53.1 Å². The van der Waals surface area contributed by atoms with Crippen molar-refractivity contribution in [1.29, 1.82) is 0 Å². The summed E-state index contributed by atoms with van der Waals surface area (Å²) in [6, 6.07) is 3.93. The third-order valence-corrected chi connectivity index (χ3v) is 5.67. The molecule has 0 saturated carbocycles. The van der Waals surface area contributed by atoms with Crippen LogP contribution in [0.5, 0.6) is 0 Å². The molecule has 0 radical (unpaired) electrons. The fraction of sp³-hybridized carbons (Fsp3) is 0.545. The number of carbonyl (C=O) groups excluding carboxylic acids is 1. The highest BCUT2D eigenvalue weighted by Crippen LogP contribution is 2.26. The number of halogens is 1. The van der Waals surface area contributed by atoms with Gasteiger partial charge in [0.2, 0.25) is 0 Å². The fourth-order valence-electron chi connectivity index (χ4n) is 3.48. The number of carbonyl (C=O) groups is 1. The summed E-state index contributed by atoms with van der Waals surface area (Å²) in [5.74, 6) is 2.74. The lowest BCUT2D eigenvalue weighted by molar-refractivity contribution is 0.0186. The molecule has 2 aromatic rings. The van der Waals surface area contributed by atoms with Gasteiger partial charge >= 0.3 is 6.09 Å². The molecule has 3 rings (SSSR count). The van der Waals surface area contributed by atoms with E-state index in [1.165, 1.54) is 0 Å². The van der Waals surface area contributed by atoms with Gasteiger partial charge in [-0.1, -0.05) is 0 Å². The van der Waals surface area contributed by atoms with Crippen LogP contribution >= 0.6 is 15.9 Å². The second-order valence-electron chi connectivity index (χ2n) is 9.02. The van der Waals surface area contributed by atoms with Gasteiger partial charge in [-0.05, 0) is 74.0 Å². The zero-order valence-electron chi connectivity index (χ0n) is 18.9. The van der Waals surface area contributed by atoms with Crippen LogP contribution in [0, 0.1) is 12.8 Å². The minimum atomic E-state index is -0.462. The maximum atomic E-state index is 12.3. The highest BCUT2D eigenvalue weighted by molar-refractivity contribution is 9.10. The van der Waals surface area contributed by atoms with Crippen LogP contribution in [-0.4, -0.2) is 58.2 Å². The molecule has 168 valence electrons. The molecule has 0 unspecified atom stereocenters. The minimum Gasteiger partial charge on any atom is -0.444 e. The van der Waals surface area contributed by atoms with Crippen LogP contribution in [0.2, 0.25) is 0 Å². The zero-order valence-corrected chi connectivity index (χ0v) is 20.4. The number of pyridine rings is 1. The second kappa shape index (κ2) is 9.80. The van der Waals surface area contributed by atoms with Crippen molar-refractivity contribution in [3.63, 3.8) is 0 Å². The molecule has 1 aliphatic rings. The van der Waals surface area contributed by atoms with E-state index >= 15 is 0 Å². The fourth-order valence-corrected chi connectivity index (χ4v) is 4.04. The van der Waals surface area contributed by atoms with E-state index in [0.29, 0.717) is 17.6 Å². The van der Waals surface area contributed by atoms with E-state index in [2.05, 4.69) is 41.1 Å². The molecular formula is C22H31BrN6O2. The molecule has 0 aliphatic carbocycles. The molecule has 9 heteroatoms. The van der Waals surface area contributed by atoms with Gasteiger partial charge in [0, 0.05) is 38.9 Å². The Morgan fingerprint density at radius 1 is 1.26 bits per heavy atom. The predicted octanol–water partition coefficient (Wildman–Crippen LogP) is 4.77. The number of anilines is 3. The Morgan fingerprint density at radius 2 is 1.97 bits per heavy atom. The molecule has 0 atom stereocenters. The Balaban J connectivity index is 1.55. The summed E-state index contributed by atoms with van der Waals surface area (Å²) in [4.78, 5) is 29.4. The average molecular weight is 491 g/mol. The van der Waals surface area contributed by atoms with Crippen molar-refractivity contribution >= 4 is 39.5 Å². The number of nitrogens with one attached hydrogen (secondary N) is 1. The maximum absolute atomic E-state index is 12.3. The molecule has 1 amide bonds. The molecule has 1 N–H and O–H groups in total. The van der Waals surface area contributed by atoms with E-state index < -0.39 is 5.60 Å². The molecule has 0 aromatic carbocycles. The van der Waals surface area contributed by atoms with Gasteiger partial charge in [-0.25, -0.2) is 19.7 Å². The molecule has 3 heterocycles. The second-order valence-corrected chi connectivity index (χ2v) is 9.88. The van der Waals surface area contributed by atoms with Crippen molar-refractivity contribution < 1.29 is 9.53 Å². The largest absolute Gasteiger partial charge is 0.444 e. The summed E-state index contributed by atoms with van der Waals surface area (Å²) in [6.07, 6.45) is 5.04. The molecule has 1 saturated heterocycles. The van der Waals surface area contributed by atoms with Gasteiger partial charge in [-0.15, -0.1) is 0 Å². The Bertz CT molecular complexity index is 909. The number of rotatable bonds is 5. The highest BCUT2D eigenvalue weighted by atomic mass is 79.9. The van der Waals surface area contributed by atoms with E-state index in [1.54, 1.807) is 11.2 Å². The Labute approximate surface area is 192 Å². The number of nitrogens with zero attached hydrogens (tertiary/aromatic N) is 5. The van der Waals surface area contributed by atoms with Crippen LogP contribution in [0.15, 0.2) is 29.1 Å². The van der Waals surface area contributed by atoms with Gasteiger partial charge in [0.15, 0.2) is 0 Å². The molecule has 1 aliphatic heterocycles. The smallest absolute Gasteiger partial charge is 0.410 e. The monoisotopic (exact) mass is 490 g/mol. The van der Waals surface area contributed by atoms with E-state index in [9.17, 15) is 4.79 Å². The summed E-state index contributed by atoms with van der Waals surface area (Å²) in [7, 11) is 2.03. The first-order valence-corrected chi connectivity index (χ1v) is 11.3. The van der Waals surface area contributed by atoms with Crippen LogP contribution in [0.1, 0.15) is 39.2 Å². The van der Waals surface area contributed by atoms with Crippen LogP contribution in [0.3, 0.4) is 0 Å². The van der Waals surface area contributed by atoms with Crippen LogP contribution < -0.4 is 10.2 Å². The van der Waals surface area contributed by atoms with Gasteiger partial charge in [0.1, 0.15) is 29.4 Å². The number of aryl methyl sites for hydroxylation is 1. The summed E-state index contributed by atoms with van der Waals surface area (Å²) in [6.45, 7) is 9.98. The number of ether oxygens (including phenoxy) is 1. The van der Waals surface area contributed by atoms with Crippen LogP contribution in [0.25, 0.3) is 0 Å². The molecule has 31 heavy (non-hydrogen) atoms. The van der Waals surface area contributed by atoms with Crippen molar-refractivity contribution in [2.24, 2.45) is 5.92 Å². The number of hydrogen-bond donors (Lipinski definition) is 1. The summed E-state index contributed by atoms with van der Waals surface area (Å²) in [5.41, 5.74) is 0.620. The lowest BCUT2D eigenvalue weighted by atomic mass is 9.96. The topological polar surface area (TPSA) is 83.5 Å². The Morgan fingerprint density at radius 3 is 2.61 bits per heavy atom. The van der Waals surface area contributed by atoms with Crippen molar-refractivity contribution in [1.82, 2.24) is 19.9 Å². The molecule has 0 spiro atoms. The van der Waals surface area contributed by atoms with Crippen molar-refractivity contribution in [2.45, 2.75) is 46.1 Å². The third-order valence-electron chi connectivity index (χ3n) is 5.07. The van der Waals surface area contributed by atoms with Crippen molar-refractivity contribution in [2.75, 3.05) is 36.9 Å². The summed E-state index contributed by atoms with van der Waals surface area (Å²) < 4.78 is 6.37. The lowest BCUT2D eigenvalue weighted by Gasteiger charge is -2.35. The first-order valence-electron chi connectivity index (χ1n) is 10.5. The Hall–Kier alpha value is -2.42. The molecule has 8 nitrogen and oxygen atoms in total. The zero-order chi connectivity index (χ0) is 22.6. The van der Waals surface area contributed by atoms with Crippen LogP contribution in [0.4, 0.5) is 22.2 Å². The number of likely N-dealkylation sites (tertiary alicyclic amines) is 1. The highest BCUT2D eigenvalue weighted by Gasteiger charge is 2.27. The van der Waals surface area contributed by atoms with E-state index in [4.69, 9.17) is 4.74 Å². The standard InChI is InChI=1S/C22H31BrN6O2/c1-15-10-17(23)20(24-12-15)27-18-11-19(26-14-25-18)28(5)13-16-6-8-29(9-7-16)21(30)31-22(2,3)4/h10-12,14,16H,6-9,13H2,1-5H3,(H,24,25,26,27). The Kier molecular flexibility index (Phi) is 7.35. The molecule has 1 fully saturated rings. The number of amides is 1. The first-order chi connectivity index (χ1) is 14.6. The SMILES string of the molecule is Cc1cnc(Nc2cc(N(C)CC3CCN(C(=O)OC(C)(C)C)CC3)ncn2)c(Br)c1. The van der Waals surface area contributed by atoms with Gasteiger partial charge in [-0.2, -0.15) is 0 Å². The summed E-state index contributed by atoms with van der Waals surface area (Å²) >= 11 is 3.53. The number of hydrogen-bond acceptors (Lipinski definition) is 7. The maximum Gasteiger partial charge on any atom is 0.410 e. The van der Waals surface area contributed by atoms with Crippen molar-refractivity contribution in [3.05, 3.63) is 34.7 Å². The molecular weight excluding hydrogens is 460 g/mol. The van der Waals surface area contributed by atoms with E-state index in [0.717, 1.165) is 48.3 Å². The average Bonchev–Trinajstić information content (AvgIpc) is 2.69. The van der Waals surface area contributed by atoms with E-state index in [-0.39, 0.29) is 6.09 Å². The van der Waals surface area contributed by atoms with Gasteiger partial charge in [0.25, 0.3) is 0 Å². The van der Waals surface area contributed by atoms with Gasteiger partial charge in [0.05, 0.1) is 4.47 Å².